The lowest BCUT2D eigenvalue weighted by atomic mass is 10.1. The first-order valence-electron chi connectivity index (χ1n) is 3.64. The Morgan fingerprint density at radius 2 is 2.21 bits per heavy atom. The van der Waals surface area contributed by atoms with E-state index < -0.39 is 5.91 Å². The van der Waals surface area contributed by atoms with E-state index in [-0.39, 0.29) is 0 Å². The molecule has 0 saturated heterocycles. The average molecular weight is 205 g/mol. The Labute approximate surface area is 86.1 Å². The summed E-state index contributed by atoms with van der Waals surface area (Å²) in [5.41, 5.74) is 5.69. The van der Waals surface area contributed by atoms with Crippen LogP contribution in [0.5, 0.6) is 0 Å². The zero-order valence-corrected chi connectivity index (χ0v) is 7.80. The van der Waals surface area contributed by atoms with E-state index in [1.54, 1.807) is 12.1 Å². The molecule has 0 aromatic heterocycles. The molecule has 14 heavy (non-hydrogen) atoms. The largest absolute Gasteiger partial charge is 0.359 e. The number of amides is 1. The molecule has 3 nitrogen and oxygen atoms in total. The van der Waals surface area contributed by atoms with Crippen molar-refractivity contribution in [2.75, 3.05) is 0 Å². The Bertz CT molecular complexity index is 477. The van der Waals surface area contributed by atoms with Gasteiger partial charge in [0.05, 0.1) is 16.7 Å². The maximum absolute atomic E-state index is 10.4. The molecule has 0 spiro atoms. The molecule has 0 unspecified atom stereocenters. The normalized spacial score (nSPS) is 8.29. The Morgan fingerprint density at radius 3 is 2.79 bits per heavy atom. The summed E-state index contributed by atoms with van der Waals surface area (Å²) in [6, 6.07) is 6.55. The van der Waals surface area contributed by atoms with Crippen LogP contribution >= 0.6 is 11.6 Å². The van der Waals surface area contributed by atoms with Gasteiger partial charge in [0.2, 0.25) is 0 Å². The Morgan fingerprint density at radius 1 is 1.50 bits per heavy atom. The van der Waals surface area contributed by atoms with Crippen molar-refractivity contribution in [2.45, 2.75) is 0 Å². The molecule has 4 heteroatoms. The molecule has 0 radical (unpaired) electrons. The van der Waals surface area contributed by atoms with Crippen LogP contribution in [-0.4, -0.2) is 5.91 Å². The second-order valence-corrected chi connectivity index (χ2v) is 2.83. The summed E-state index contributed by atoms with van der Waals surface area (Å²) in [6.45, 7) is 0. The average Bonchev–Trinajstić information content (AvgIpc) is 2.16. The minimum absolute atomic E-state index is 0.387. The van der Waals surface area contributed by atoms with Crippen molar-refractivity contribution in [3.8, 4) is 17.9 Å². The topological polar surface area (TPSA) is 66.9 Å². The molecule has 0 aliphatic carbocycles. The number of primary amides is 1. The first-order valence-corrected chi connectivity index (χ1v) is 4.02. The summed E-state index contributed by atoms with van der Waals surface area (Å²) in [7, 11) is 0. The highest BCUT2D eigenvalue weighted by Gasteiger charge is 1.98. The number of hydrogen-bond donors (Lipinski definition) is 1. The molecule has 68 valence electrons. The minimum atomic E-state index is -0.733. The Balaban J connectivity index is 3.17. The highest BCUT2D eigenvalue weighted by Crippen LogP contribution is 2.15. The van der Waals surface area contributed by atoms with E-state index in [9.17, 15) is 4.79 Å². The number of nitrogens with two attached hydrogens (primary N) is 1. The van der Waals surface area contributed by atoms with Crippen molar-refractivity contribution in [2.24, 2.45) is 5.73 Å². The second kappa shape index (κ2) is 4.32. The van der Waals surface area contributed by atoms with Crippen molar-refractivity contribution >= 4 is 17.5 Å². The van der Waals surface area contributed by atoms with Crippen LogP contribution in [0.4, 0.5) is 0 Å². The molecule has 0 aliphatic rings. The van der Waals surface area contributed by atoms with Gasteiger partial charge in [-0.2, -0.15) is 5.26 Å². The predicted octanol–water partition coefficient (Wildman–Crippen LogP) is 1.05. The maximum Gasteiger partial charge on any atom is 0.293 e. The Kier molecular flexibility index (Phi) is 3.12. The summed E-state index contributed by atoms with van der Waals surface area (Å²) < 4.78 is 0. The molecule has 2 N–H and O–H groups in total. The first kappa shape index (κ1) is 10.1. The summed E-state index contributed by atoms with van der Waals surface area (Å²) in [5, 5.41) is 8.98. The molecule has 0 heterocycles. The first-order chi connectivity index (χ1) is 6.63. The summed E-state index contributed by atoms with van der Waals surface area (Å²) in [6.07, 6.45) is 0. The molecule has 0 aliphatic heterocycles. The van der Waals surface area contributed by atoms with Crippen LogP contribution in [0.3, 0.4) is 0 Å². The zero-order chi connectivity index (χ0) is 10.6. The minimum Gasteiger partial charge on any atom is -0.359 e. The number of carbonyl (C=O) groups excluding carboxylic acids is 1. The van der Waals surface area contributed by atoms with E-state index in [2.05, 4.69) is 11.8 Å². The molecule has 1 rings (SSSR count). The van der Waals surface area contributed by atoms with Crippen molar-refractivity contribution < 1.29 is 4.79 Å². The second-order valence-electron chi connectivity index (χ2n) is 2.42. The number of nitrogens with zero attached hydrogens (tertiary/aromatic N) is 1. The van der Waals surface area contributed by atoms with Gasteiger partial charge in [0.1, 0.15) is 0 Å². The molecular formula is C10H5ClN2O. The fourth-order valence-corrected chi connectivity index (χ4v) is 0.984. The Hall–Kier alpha value is -1.97. The number of halogens is 1. The summed E-state index contributed by atoms with van der Waals surface area (Å²) in [4.78, 5) is 10.4. The zero-order valence-electron chi connectivity index (χ0n) is 7.04. The van der Waals surface area contributed by atoms with Gasteiger partial charge in [-0.15, -0.1) is 0 Å². The molecule has 1 aromatic rings. The van der Waals surface area contributed by atoms with E-state index in [4.69, 9.17) is 22.6 Å². The molecule has 0 bridgehead atoms. The van der Waals surface area contributed by atoms with Crippen LogP contribution in [-0.2, 0) is 4.79 Å². The molecule has 0 fully saturated rings. The van der Waals surface area contributed by atoms with Gasteiger partial charge in [-0.1, -0.05) is 17.5 Å². The van der Waals surface area contributed by atoms with E-state index in [0.717, 1.165) is 0 Å². The van der Waals surface area contributed by atoms with Gasteiger partial charge in [-0.3, -0.25) is 4.79 Å². The number of benzene rings is 1. The van der Waals surface area contributed by atoms with Crippen LogP contribution in [0.15, 0.2) is 18.2 Å². The van der Waals surface area contributed by atoms with Crippen LogP contribution in [0, 0.1) is 23.2 Å². The van der Waals surface area contributed by atoms with E-state index in [1.165, 1.54) is 6.07 Å². The van der Waals surface area contributed by atoms with Crippen LogP contribution in [0.2, 0.25) is 5.02 Å². The highest BCUT2D eigenvalue weighted by molar-refractivity contribution is 6.31. The molecular weight excluding hydrogens is 200 g/mol. The SMILES string of the molecule is N#Cc1ccc(Cl)c(C#CC(N)=O)c1. The summed E-state index contributed by atoms with van der Waals surface area (Å²) in [5.74, 6) is 3.90. The molecule has 1 amide bonds. The predicted molar refractivity (Wildman–Crippen MR) is 52.2 cm³/mol. The lowest BCUT2D eigenvalue weighted by molar-refractivity contribution is -0.112. The van der Waals surface area contributed by atoms with Gasteiger partial charge >= 0.3 is 0 Å². The van der Waals surface area contributed by atoms with E-state index >= 15 is 0 Å². The number of carbonyl (C=O) groups is 1. The van der Waals surface area contributed by atoms with Gasteiger partial charge in [0.25, 0.3) is 5.91 Å². The smallest absolute Gasteiger partial charge is 0.293 e. The van der Waals surface area contributed by atoms with Crippen molar-refractivity contribution in [1.29, 1.82) is 5.26 Å². The van der Waals surface area contributed by atoms with Gasteiger partial charge < -0.3 is 5.73 Å². The fourth-order valence-electron chi connectivity index (χ4n) is 0.820. The third-order valence-corrected chi connectivity index (χ3v) is 1.75. The monoisotopic (exact) mass is 204 g/mol. The van der Waals surface area contributed by atoms with Gasteiger partial charge in [0, 0.05) is 11.5 Å². The summed E-state index contributed by atoms with van der Waals surface area (Å²) >= 11 is 5.77. The maximum atomic E-state index is 10.4. The lowest BCUT2D eigenvalue weighted by Crippen LogP contribution is -2.06. The number of rotatable bonds is 0. The number of nitriles is 1. The van der Waals surface area contributed by atoms with E-state index in [0.29, 0.717) is 16.1 Å². The van der Waals surface area contributed by atoms with Gasteiger partial charge in [-0.05, 0) is 18.2 Å². The van der Waals surface area contributed by atoms with Gasteiger partial charge in [-0.25, -0.2) is 0 Å². The fraction of sp³-hybridized carbons (Fsp3) is 0. The molecule has 1 aromatic carbocycles. The van der Waals surface area contributed by atoms with Crippen LogP contribution < -0.4 is 5.73 Å². The number of hydrogen-bond acceptors (Lipinski definition) is 2. The van der Waals surface area contributed by atoms with Crippen LogP contribution in [0.1, 0.15) is 11.1 Å². The van der Waals surface area contributed by atoms with Crippen molar-refractivity contribution in [3.63, 3.8) is 0 Å². The quantitative estimate of drug-likeness (QED) is 0.642. The lowest BCUT2D eigenvalue weighted by Gasteiger charge is -1.94. The standard InChI is InChI=1S/C10H5ClN2O/c11-9-3-1-7(6-12)5-8(9)2-4-10(13)14/h1,3,5H,(H2,13,14). The highest BCUT2D eigenvalue weighted by atomic mass is 35.5. The van der Waals surface area contributed by atoms with E-state index in [1.807, 2.05) is 6.07 Å². The van der Waals surface area contributed by atoms with Gasteiger partial charge in [0.15, 0.2) is 0 Å². The molecule has 0 atom stereocenters. The molecule has 0 saturated carbocycles. The van der Waals surface area contributed by atoms with Crippen molar-refractivity contribution in [1.82, 2.24) is 0 Å². The third-order valence-electron chi connectivity index (χ3n) is 1.42. The third kappa shape index (κ3) is 2.52. The van der Waals surface area contributed by atoms with Crippen molar-refractivity contribution in [3.05, 3.63) is 34.3 Å². The van der Waals surface area contributed by atoms with Crippen LogP contribution in [0.25, 0.3) is 0 Å².